The Morgan fingerprint density at radius 3 is 2.73 bits per heavy atom. The molecular formula is C26H25N3O2S2. The van der Waals surface area contributed by atoms with Crippen molar-refractivity contribution in [1.82, 2.24) is 0 Å². The summed E-state index contributed by atoms with van der Waals surface area (Å²) < 4.78 is 0. The molecule has 0 spiro atoms. The van der Waals surface area contributed by atoms with E-state index in [1.807, 2.05) is 43.3 Å². The number of rotatable bonds is 6. The van der Waals surface area contributed by atoms with Crippen molar-refractivity contribution in [3.05, 3.63) is 75.7 Å². The summed E-state index contributed by atoms with van der Waals surface area (Å²) in [5.41, 5.74) is 4.11. The second-order valence-electron chi connectivity index (χ2n) is 8.35. The number of nitriles is 1. The van der Waals surface area contributed by atoms with Gasteiger partial charge in [0, 0.05) is 21.0 Å². The van der Waals surface area contributed by atoms with Crippen molar-refractivity contribution in [2.24, 2.45) is 5.92 Å². The molecule has 1 aliphatic carbocycles. The Balaban J connectivity index is 1.36. The highest BCUT2D eigenvalue weighted by Crippen LogP contribution is 2.39. The van der Waals surface area contributed by atoms with E-state index in [0.717, 1.165) is 35.3 Å². The fourth-order valence-electron chi connectivity index (χ4n) is 3.84. The van der Waals surface area contributed by atoms with Gasteiger partial charge in [-0.15, -0.1) is 23.1 Å². The Morgan fingerprint density at radius 2 is 1.97 bits per heavy atom. The Bertz CT molecular complexity index is 1230. The highest BCUT2D eigenvalue weighted by atomic mass is 32.2. The van der Waals surface area contributed by atoms with Gasteiger partial charge in [0.1, 0.15) is 11.1 Å². The number of carbonyl (C=O) groups is 2. The van der Waals surface area contributed by atoms with Crippen LogP contribution in [0, 0.1) is 24.2 Å². The third-order valence-electron chi connectivity index (χ3n) is 5.65. The minimum atomic E-state index is -0.171. The van der Waals surface area contributed by atoms with E-state index in [1.165, 1.54) is 28.0 Å². The fourth-order valence-corrected chi connectivity index (χ4v) is 5.97. The summed E-state index contributed by atoms with van der Waals surface area (Å²) in [6.07, 6.45) is 2.96. The first kappa shape index (κ1) is 23.1. The molecule has 0 saturated heterocycles. The third kappa shape index (κ3) is 5.65. The summed E-state index contributed by atoms with van der Waals surface area (Å²) in [4.78, 5) is 27.2. The zero-order valence-electron chi connectivity index (χ0n) is 18.6. The van der Waals surface area contributed by atoms with Crippen molar-refractivity contribution in [2.45, 2.75) is 38.0 Å². The zero-order valence-corrected chi connectivity index (χ0v) is 20.2. The van der Waals surface area contributed by atoms with E-state index in [2.05, 4.69) is 23.6 Å². The van der Waals surface area contributed by atoms with Crippen LogP contribution < -0.4 is 10.6 Å². The first-order chi connectivity index (χ1) is 15.9. The number of nitrogens with zero attached hydrogens (tertiary/aromatic N) is 1. The van der Waals surface area contributed by atoms with Gasteiger partial charge < -0.3 is 10.6 Å². The van der Waals surface area contributed by atoms with E-state index >= 15 is 0 Å². The number of anilines is 2. The number of fused-ring (bicyclic) bond motifs is 1. The minimum Gasteiger partial charge on any atom is -0.322 e. The maximum absolute atomic E-state index is 12.6. The normalized spacial score (nSPS) is 14.8. The molecular weight excluding hydrogens is 450 g/mol. The molecule has 0 bridgehead atoms. The molecule has 3 aromatic rings. The first-order valence-electron chi connectivity index (χ1n) is 10.9. The minimum absolute atomic E-state index is 0.141. The van der Waals surface area contributed by atoms with Gasteiger partial charge in [0.15, 0.2) is 0 Å². The summed E-state index contributed by atoms with van der Waals surface area (Å²) in [5, 5.41) is 16.1. The molecule has 2 amide bonds. The van der Waals surface area contributed by atoms with Crippen molar-refractivity contribution in [2.75, 3.05) is 16.4 Å². The molecule has 0 saturated carbocycles. The van der Waals surface area contributed by atoms with E-state index in [9.17, 15) is 14.9 Å². The van der Waals surface area contributed by atoms with Crippen molar-refractivity contribution in [3.63, 3.8) is 0 Å². The summed E-state index contributed by atoms with van der Waals surface area (Å²) in [7, 11) is 0. The van der Waals surface area contributed by atoms with Gasteiger partial charge in [-0.2, -0.15) is 5.26 Å². The van der Waals surface area contributed by atoms with E-state index in [-0.39, 0.29) is 17.6 Å². The van der Waals surface area contributed by atoms with E-state index in [0.29, 0.717) is 27.7 Å². The van der Waals surface area contributed by atoms with Crippen molar-refractivity contribution in [1.29, 1.82) is 5.26 Å². The van der Waals surface area contributed by atoms with Crippen molar-refractivity contribution in [3.8, 4) is 6.07 Å². The van der Waals surface area contributed by atoms with Crippen LogP contribution in [0.25, 0.3) is 0 Å². The zero-order chi connectivity index (χ0) is 23.4. The second kappa shape index (κ2) is 10.2. The maximum atomic E-state index is 12.6. The number of hydrogen-bond donors (Lipinski definition) is 2. The first-order valence-corrected chi connectivity index (χ1v) is 12.7. The Labute approximate surface area is 202 Å². The SMILES string of the molecule is Cc1ccc(C(=O)Nc2cccc(SCC(=O)Nc3sc4c(c3C#N)CCC(C)C4)c2)cc1. The standard InChI is InChI=1S/C26H25N3O2S2/c1-16-6-9-18(10-7-16)25(31)28-19-4-3-5-20(13-19)32-15-24(30)29-26-22(14-27)21-11-8-17(2)12-23(21)33-26/h3-7,9-10,13,17H,8,11-12,15H2,1-2H3,(H,28,31)(H,29,30). The summed E-state index contributed by atoms with van der Waals surface area (Å²) in [6, 6.07) is 17.1. The van der Waals surface area contributed by atoms with Crippen LogP contribution in [0.1, 0.15) is 45.3 Å². The molecule has 2 N–H and O–H groups in total. The van der Waals surface area contributed by atoms with Crippen LogP contribution in [0.3, 0.4) is 0 Å². The Hall–Kier alpha value is -3.08. The van der Waals surface area contributed by atoms with Crippen LogP contribution in [0.2, 0.25) is 0 Å². The van der Waals surface area contributed by atoms with Crippen LogP contribution >= 0.6 is 23.1 Å². The highest BCUT2D eigenvalue weighted by Gasteiger charge is 2.24. The summed E-state index contributed by atoms with van der Waals surface area (Å²) in [5.74, 6) is 0.520. The molecule has 1 aromatic heterocycles. The van der Waals surface area contributed by atoms with Gasteiger partial charge >= 0.3 is 0 Å². The van der Waals surface area contributed by atoms with E-state index in [4.69, 9.17) is 0 Å². The number of amides is 2. The molecule has 0 aliphatic heterocycles. The molecule has 1 aliphatic rings. The highest BCUT2D eigenvalue weighted by molar-refractivity contribution is 8.00. The maximum Gasteiger partial charge on any atom is 0.255 e. The molecule has 4 rings (SSSR count). The average Bonchev–Trinajstić information content (AvgIpc) is 3.14. The quantitative estimate of drug-likeness (QED) is 0.426. The van der Waals surface area contributed by atoms with Gasteiger partial charge in [-0.1, -0.05) is 30.7 Å². The smallest absolute Gasteiger partial charge is 0.255 e. The van der Waals surface area contributed by atoms with Crippen LogP contribution in [0.4, 0.5) is 10.7 Å². The number of benzene rings is 2. The Kier molecular flexibility index (Phi) is 7.17. The summed E-state index contributed by atoms with van der Waals surface area (Å²) >= 11 is 2.93. The predicted octanol–water partition coefficient (Wildman–Crippen LogP) is 6.04. The molecule has 1 heterocycles. The molecule has 168 valence electrons. The van der Waals surface area contributed by atoms with Crippen LogP contribution in [-0.2, 0) is 17.6 Å². The molecule has 1 unspecified atom stereocenters. The number of aryl methyl sites for hydroxylation is 1. The Morgan fingerprint density at radius 1 is 1.18 bits per heavy atom. The largest absolute Gasteiger partial charge is 0.322 e. The molecule has 1 atom stereocenters. The molecule has 33 heavy (non-hydrogen) atoms. The molecule has 0 radical (unpaired) electrons. The fraction of sp³-hybridized carbons (Fsp3) is 0.269. The van der Waals surface area contributed by atoms with Crippen LogP contribution in [-0.4, -0.2) is 17.6 Å². The van der Waals surface area contributed by atoms with E-state index in [1.54, 1.807) is 12.1 Å². The topological polar surface area (TPSA) is 82.0 Å². The molecule has 0 fully saturated rings. The number of nitrogens with one attached hydrogen (secondary N) is 2. The number of thiophene rings is 1. The lowest BCUT2D eigenvalue weighted by molar-refractivity contribution is -0.113. The second-order valence-corrected chi connectivity index (χ2v) is 10.5. The van der Waals surface area contributed by atoms with Crippen LogP contribution in [0.5, 0.6) is 0 Å². The van der Waals surface area contributed by atoms with E-state index < -0.39 is 0 Å². The monoisotopic (exact) mass is 475 g/mol. The molecule has 5 nitrogen and oxygen atoms in total. The average molecular weight is 476 g/mol. The van der Waals surface area contributed by atoms with Gasteiger partial charge in [-0.25, -0.2) is 0 Å². The van der Waals surface area contributed by atoms with Gasteiger partial charge in [-0.05, 0) is 68.0 Å². The van der Waals surface area contributed by atoms with Gasteiger partial charge in [-0.3, -0.25) is 9.59 Å². The predicted molar refractivity (Wildman–Crippen MR) is 135 cm³/mol. The van der Waals surface area contributed by atoms with Crippen LogP contribution in [0.15, 0.2) is 53.4 Å². The summed E-state index contributed by atoms with van der Waals surface area (Å²) in [6.45, 7) is 4.20. The number of hydrogen-bond acceptors (Lipinski definition) is 5. The van der Waals surface area contributed by atoms with Crippen molar-refractivity contribution < 1.29 is 9.59 Å². The molecule has 2 aromatic carbocycles. The number of thioether (sulfide) groups is 1. The van der Waals surface area contributed by atoms with Gasteiger partial charge in [0.2, 0.25) is 5.91 Å². The number of carbonyl (C=O) groups excluding carboxylic acids is 2. The lowest BCUT2D eigenvalue weighted by atomic mass is 9.89. The molecule has 7 heteroatoms. The lowest BCUT2D eigenvalue weighted by Crippen LogP contribution is -2.14. The third-order valence-corrected chi connectivity index (χ3v) is 7.82. The van der Waals surface area contributed by atoms with Gasteiger partial charge in [0.25, 0.3) is 5.91 Å². The van der Waals surface area contributed by atoms with Gasteiger partial charge in [0.05, 0.1) is 11.3 Å². The lowest BCUT2D eigenvalue weighted by Gasteiger charge is -2.17. The van der Waals surface area contributed by atoms with Crippen molar-refractivity contribution >= 4 is 45.6 Å².